The van der Waals surface area contributed by atoms with Crippen LogP contribution in [0.4, 0.5) is 15.8 Å². The van der Waals surface area contributed by atoms with Crippen LogP contribution in [0.15, 0.2) is 82.6 Å². The van der Waals surface area contributed by atoms with Crippen LogP contribution < -0.4 is 15.5 Å². The van der Waals surface area contributed by atoms with Crippen LogP contribution >= 0.6 is 0 Å². The molecule has 1 unspecified atom stereocenters. The van der Waals surface area contributed by atoms with Crippen molar-refractivity contribution in [1.29, 1.82) is 0 Å². The maximum atomic E-state index is 13.5. The van der Waals surface area contributed by atoms with Crippen LogP contribution in [0.3, 0.4) is 0 Å². The summed E-state index contributed by atoms with van der Waals surface area (Å²) in [5.74, 6) is 0.123. The lowest BCUT2D eigenvalue weighted by molar-refractivity contribution is -0.121. The van der Waals surface area contributed by atoms with Gasteiger partial charge in [-0.1, -0.05) is 38.1 Å². The summed E-state index contributed by atoms with van der Waals surface area (Å²) >= 11 is 0. The molecule has 2 N–H and O–H groups in total. The molecule has 0 saturated carbocycles. The van der Waals surface area contributed by atoms with E-state index in [0.717, 1.165) is 22.6 Å². The van der Waals surface area contributed by atoms with Crippen LogP contribution in [0.2, 0.25) is 0 Å². The van der Waals surface area contributed by atoms with Crippen molar-refractivity contribution >= 4 is 23.1 Å². The molecular weight excluding hydrogens is 445 g/mol. The summed E-state index contributed by atoms with van der Waals surface area (Å²) in [5, 5.41) is 6.44. The number of hydrogen-bond acceptors (Lipinski definition) is 5. The number of anilines is 2. The van der Waals surface area contributed by atoms with Crippen LogP contribution in [0.25, 0.3) is 0 Å². The van der Waals surface area contributed by atoms with Gasteiger partial charge in [-0.3, -0.25) is 9.59 Å². The first kappa shape index (κ1) is 22.9. The number of nitrogens with zero attached hydrogens (tertiary/aromatic N) is 1. The zero-order valence-electron chi connectivity index (χ0n) is 19.8. The maximum Gasteiger partial charge on any atom is 0.239 e. The Bertz CT molecular complexity index is 1280. The maximum absolute atomic E-state index is 13.5. The summed E-state index contributed by atoms with van der Waals surface area (Å²) < 4.78 is 19.0. The van der Waals surface area contributed by atoms with Crippen molar-refractivity contribution in [2.45, 2.75) is 39.3 Å². The predicted molar refractivity (Wildman–Crippen MR) is 132 cm³/mol. The molecule has 0 bridgehead atoms. The van der Waals surface area contributed by atoms with Crippen molar-refractivity contribution in [2.75, 3.05) is 16.8 Å². The highest BCUT2D eigenvalue weighted by molar-refractivity contribution is 6.01. The number of halogens is 1. The third kappa shape index (κ3) is 4.71. The number of rotatable bonds is 5. The molecule has 180 valence electrons. The van der Waals surface area contributed by atoms with Gasteiger partial charge in [-0.2, -0.15) is 0 Å². The molecular formula is C28H28FN3O3. The molecule has 1 aromatic heterocycles. The highest BCUT2D eigenvalue weighted by Gasteiger charge is 2.42. The lowest BCUT2D eigenvalue weighted by atomic mass is 9.74. The van der Waals surface area contributed by atoms with Crippen molar-refractivity contribution in [2.24, 2.45) is 5.41 Å². The third-order valence-corrected chi connectivity index (χ3v) is 6.53. The van der Waals surface area contributed by atoms with E-state index < -0.39 is 6.04 Å². The molecule has 35 heavy (non-hydrogen) atoms. The van der Waals surface area contributed by atoms with Gasteiger partial charge in [-0.05, 0) is 53.8 Å². The molecule has 0 saturated heterocycles. The summed E-state index contributed by atoms with van der Waals surface area (Å²) in [6.45, 7) is 4.48. The van der Waals surface area contributed by atoms with Gasteiger partial charge in [-0.15, -0.1) is 0 Å². The molecule has 1 aliphatic heterocycles. The number of ketones is 1. The molecule has 7 heteroatoms. The van der Waals surface area contributed by atoms with Crippen LogP contribution in [-0.4, -0.2) is 18.2 Å². The van der Waals surface area contributed by atoms with Crippen LogP contribution in [0, 0.1) is 11.2 Å². The Balaban J connectivity index is 1.52. The number of carbonyl (C=O) groups excluding carboxylic acids is 2. The van der Waals surface area contributed by atoms with Crippen LogP contribution in [-0.2, 0) is 16.1 Å². The molecule has 0 fully saturated rings. The lowest BCUT2D eigenvalue weighted by Crippen LogP contribution is -2.41. The summed E-state index contributed by atoms with van der Waals surface area (Å²) in [6, 6.07) is 16.9. The normalized spacial score (nSPS) is 18.9. The number of Topliss-reactive ketones (excluding diaryl/α,β-unsaturated/α-hetero) is 1. The minimum Gasteiger partial charge on any atom is -0.467 e. The molecule has 1 atom stereocenters. The van der Waals surface area contributed by atoms with Crippen molar-refractivity contribution < 1.29 is 18.4 Å². The van der Waals surface area contributed by atoms with Crippen LogP contribution in [0.1, 0.15) is 44.1 Å². The zero-order valence-corrected chi connectivity index (χ0v) is 19.8. The van der Waals surface area contributed by atoms with Gasteiger partial charge in [-0.25, -0.2) is 4.39 Å². The number of hydrogen-bond donors (Lipinski definition) is 2. The Morgan fingerprint density at radius 2 is 1.89 bits per heavy atom. The summed E-state index contributed by atoms with van der Waals surface area (Å²) in [4.78, 5) is 28.6. The number of benzene rings is 2. The second-order valence-electron chi connectivity index (χ2n) is 9.92. The van der Waals surface area contributed by atoms with E-state index in [1.54, 1.807) is 24.5 Å². The van der Waals surface area contributed by atoms with Crippen molar-refractivity contribution in [1.82, 2.24) is 5.32 Å². The first-order chi connectivity index (χ1) is 16.8. The van der Waals surface area contributed by atoms with Gasteiger partial charge in [0.25, 0.3) is 0 Å². The number of allylic oxidation sites excluding steroid dienone is 1. The SMILES string of the molecule is CC1(C)CC(=O)C2=C(C1)Nc1ccccc1N(CC(=O)NCc1ccc(F)cc1)C2c1ccco1. The van der Waals surface area contributed by atoms with Crippen LogP contribution in [0.5, 0.6) is 0 Å². The quantitative estimate of drug-likeness (QED) is 0.523. The highest BCUT2D eigenvalue weighted by Crippen LogP contribution is 2.48. The number of fused-ring (bicyclic) bond motifs is 1. The largest absolute Gasteiger partial charge is 0.467 e. The lowest BCUT2D eigenvalue weighted by Gasteiger charge is -2.36. The molecule has 3 aromatic rings. The van der Waals surface area contributed by atoms with E-state index in [9.17, 15) is 14.0 Å². The van der Waals surface area contributed by atoms with Gasteiger partial charge in [0.1, 0.15) is 17.6 Å². The summed E-state index contributed by atoms with van der Waals surface area (Å²) in [6.07, 6.45) is 2.72. The molecule has 6 nitrogen and oxygen atoms in total. The van der Waals surface area contributed by atoms with Gasteiger partial charge in [0.05, 0.1) is 24.2 Å². The Morgan fingerprint density at radius 3 is 2.63 bits per heavy atom. The molecule has 1 amide bonds. The second-order valence-corrected chi connectivity index (χ2v) is 9.92. The van der Waals surface area contributed by atoms with Gasteiger partial charge in [0, 0.05) is 24.2 Å². The fraction of sp³-hybridized carbons (Fsp3) is 0.286. The number of amides is 1. The smallest absolute Gasteiger partial charge is 0.239 e. The van der Waals surface area contributed by atoms with Gasteiger partial charge in [0.2, 0.25) is 5.91 Å². The zero-order chi connectivity index (χ0) is 24.6. The van der Waals surface area contributed by atoms with E-state index >= 15 is 0 Å². The highest BCUT2D eigenvalue weighted by atomic mass is 19.1. The Labute approximate surface area is 203 Å². The minimum atomic E-state index is -0.545. The molecule has 5 rings (SSSR count). The second kappa shape index (κ2) is 9.06. The molecule has 2 aromatic carbocycles. The Morgan fingerprint density at radius 1 is 1.11 bits per heavy atom. The van der Waals surface area contributed by atoms with E-state index in [0.29, 0.717) is 24.2 Å². The fourth-order valence-electron chi connectivity index (χ4n) is 4.98. The van der Waals surface area contributed by atoms with E-state index in [1.807, 2.05) is 35.2 Å². The van der Waals surface area contributed by atoms with Gasteiger partial charge < -0.3 is 20.0 Å². The van der Waals surface area contributed by atoms with E-state index in [-0.39, 0.29) is 36.0 Å². The van der Waals surface area contributed by atoms with E-state index in [2.05, 4.69) is 24.5 Å². The standard InChI is InChI=1S/C28H28FN3O3/c1-28(2)14-21-26(23(33)15-28)27(24-8-5-13-35-24)32(22-7-4-3-6-20(22)31-21)17-25(34)30-16-18-9-11-19(29)12-10-18/h3-13,27,31H,14-17H2,1-2H3,(H,30,34). The molecule has 0 radical (unpaired) electrons. The number of para-hydroxylation sites is 2. The summed E-state index contributed by atoms with van der Waals surface area (Å²) in [5.41, 5.74) is 3.79. The van der Waals surface area contributed by atoms with E-state index in [4.69, 9.17) is 4.42 Å². The third-order valence-electron chi connectivity index (χ3n) is 6.53. The average Bonchev–Trinajstić information content (AvgIpc) is 3.30. The molecule has 0 spiro atoms. The minimum absolute atomic E-state index is 0.0126. The number of furan rings is 1. The van der Waals surface area contributed by atoms with Gasteiger partial charge >= 0.3 is 0 Å². The fourth-order valence-corrected chi connectivity index (χ4v) is 4.98. The monoisotopic (exact) mass is 473 g/mol. The first-order valence-corrected chi connectivity index (χ1v) is 11.7. The molecule has 2 heterocycles. The molecule has 1 aliphatic carbocycles. The van der Waals surface area contributed by atoms with Crippen molar-refractivity contribution in [3.8, 4) is 0 Å². The first-order valence-electron chi connectivity index (χ1n) is 11.7. The Hall–Kier alpha value is -3.87. The summed E-state index contributed by atoms with van der Waals surface area (Å²) in [7, 11) is 0. The average molecular weight is 474 g/mol. The van der Waals surface area contributed by atoms with Crippen molar-refractivity contribution in [3.05, 3.63) is 95.3 Å². The number of carbonyl (C=O) groups is 2. The van der Waals surface area contributed by atoms with E-state index in [1.165, 1.54) is 12.1 Å². The van der Waals surface area contributed by atoms with Gasteiger partial charge in [0.15, 0.2) is 5.78 Å². The molecule has 2 aliphatic rings. The topological polar surface area (TPSA) is 74.6 Å². The Kier molecular flexibility index (Phi) is 5.93. The predicted octanol–water partition coefficient (Wildman–Crippen LogP) is 5.35. The van der Waals surface area contributed by atoms with Crippen molar-refractivity contribution in [3.63, 3.8) is 0 Å². The number of nitrogens with one attached hydrogen (secondary N) is 2.